The fourth-order valence-corrected chi connectivity index (χ4v) is 1.25. The molecule has 0 spiro atoms. The van der Waals surface area contributed by atoms with Crippen molar-refractivity contribution in [3.05, 3.63) is 62.9 Å². The van der Waals surface area contributed by atoms with Gasteiger partial charge in [-0.25, -0.2) is 9.48 Å². The Balaban J connectivity index is 2.33. The van der Waals surface area contributed by atoms with Gasteiger partial charge >= 0.3 is 5.69 Å². The van der Waals surface area contributed by atoms with E-state index in [9.17, 15) is 9.59 Å². The highest BCUT2D eigenvalue weighted by atomic mass is 16.2. The van der Waals surface area contributed by atoms with E-state index in [0.29, 0.717) is 6.54 Å². The summed E-state index contributed by atoms with van der Waals surface area (Å²) in [7, 11) is 0. The van der Waals surface area contributed by atoms with E-state index in [1.807, 2.05) is 30.3 Å². The van der Waals surface area contributed by atoms with Gasteiger partial charge in [0.1, 0.15) is 6.20 Å². The second-order valence-corrected chi connectivity index (χ2v) is 3.08. The van der Waals surface area contributed by atoms with Crippen LogP contribution >= 0.6 is 0 Å². The number of rotatable bonds is 2. The van der Waals surface area contributed by atoms with E-state index < -0.39 is 11.2 Å². The van der Waals surface area contributed by atoms with Gasteiger partial charge in [0, 0.05) is 0 Å². The lowest BCUT2D eigenvalue weighted by Crippen LogP contribution is -2.31. The Bertz CT molecular complexity index is 557. The van der Waals surface area contributed by atoms with Crippen molar-refractivity contribution < 1.29 is 0 Å². The molecule has 0 atom stereocenters. The molecule has 1 aromatic carbocycles. The van der Waals surface area contributed by atoms with Crippen molar-refractivity contribution >= 4 is 0 Å². The quantitative estimate of drug-likeness (QED) is 0.745. The van der Waals surface area contributed by atoms with Crippen molar-refractivity contribution in [2.24, 2.45) is 0 Å². The van der Waals surface area contributed by atoms with Crippen molar-refractivity contribution in [2.75, 3.05) is 0 Å². The monoisotopic (exact) mass is 203 g/mol. The van der Waals surface area contributed by atoms with E-state index in [-0.39, 0.29) is 0 Å². The maximum absolute atomic E-state index is 11.3. The highest BCUT2D eigenvalue weighted by Gasteiger charge is 1.98. The van der Waals surface area contributed by atoms with Gasteiger partial charge in [0.15, 0.2) is 0 Å². The molecule has 0 amide bonds. The molecule has 5 heteroatoms. The Morgan fingerprint density at radius 1 is 1.20 bits per heavy atom. The van der Waals surface area contributed by atoms with Crippen LogP contribution in [-0.2, 0) is 6.54 Å². The molecule has 2 rings (SSSR count). The fourth-order valence-electron chi connectivity index (χ4n) is 1.25. The largest absolute Gasteiger partial charge is 0.345 e. The molecular formula is C10H9N3O2. The van der Waals surface area contributed by atoms with Crippen LogP contribution in [0, 0.1) is 0 Å². The standard InChI is InChI=1S/C10H9N3O2/c14-9-6-11-13(10(15)12-9)7-8-4-2-1-3-5-8/h1-6H,7H2,(H,12,14,15). The molecule has 0 aliphatic rings. The maximum Gasteiger partial charge on any atom is 0.345 e. The predicted molar refractivity (Wildman–Crippen MR) is 54.7 cm³/mol. The number of aromatic nitrogens is 3. The Kier molecular flexibility index (Phi) is 2.45. The van der Waals surface area contributed by atoms with Gasteiger partial charge in [-0.15, -0.1) is 0 Å². The number of nitrogens with one attached hydrogen (secondary N) is 1. The van der Waals surface area contributed by atoms with Crippen LogP contribution in [0.5, 0.6) is 0 Å². The van der Waals surface area contributed by atoms with Crippen LogP contribution in [0.3, 0.4) is 0 Å². The first kappa shape index (κ1) is 9.39. The molecule has 0 aliphatic carbocycles. The zero-order valence-corrected chi connectivity index (χ0v) is 7.88. The highest BCUT2D eigenvalue weighted by Crippen LogP contribution is 1.98. The molecule has 0 saturated carbocycles. The van der Waals surface area contributed by atoms with Crippen LogP contribution in [0.2, 0.25) is 0 Å². The number of hydrogen-bond donors (Lipinski definition) is 1. The first-order valence-electron chi connectivity index (χ1n) is 4.46. The minimum absolute atomic E-state index is 0.358. The second kappa shape index (κ2) is 3.91. The number of benzene rings is 1. The van der Waals surface area contributed by atoms with Gasteiger partial charge in [0.2, 0.25) is 0 Å². The third-order valence-electron chi connectivity index (χ3n) is 1.95. The number of H-pyrrole nitrogens is 1. The van der Waals surface area contributed by atoms with Gasteiger partial charge < -0.3 is 0 Å². The van der Waals surface area contributed by atoms with Crippen molar-refractivity contribution in [1.29, 1.82) is 0 Å². The minimum Gasteiger partial charge on any atom is -0.271 e. The third-order valence-corrected chi connectivity index (χ3v) is 1.95. The highest BCUT2D eigenvalue weighted by molar-refractivity contribution is 5.14. The Labute approximate surface area is 85.0 Å². The van der Waals surface area contributed by atoms with Crippen molar-refractivity contribution in [3.8, 4) is 0 Å². The van der Waals surface area contributed by atoms with Crippen LogP contribution in [0.15, 0.2) is 46.1 Å². The molecule has 5 nitrogen and oxygen atoms in total. The molecule has 2 aromatic rings. The molecule has 0 radical (unpaired) electrons. The molecule has 1 heterocycles. The summed E-state index contributed by atoms with van der Waals surface area (Å²) < 4.78 is 1.21. The van der Waals surface area contributed by atoms with Gasteiger partial charge in [-0.3, -0.25) is 9.78 Å². The maximum atomic E-state index is 11.3. The summed E-state index contributed by atoms with van der Waals surface area (Å²) in [6.07, 6.45) is 1.09. The first-order chi connectivity index (χ1) is 7.25. The summed E-state index contributed by atoms with van der Waals surface area (Å²) in [6.45, 7) is 0.358. The van der Waals surface area contributed by atoms with Crippen LogP contribution < -0.4 is 11.2 Å². The van der Waals surface area contributed by atoms with E-state index >= 15 is 0 Å². The predicted octanol–water partition coefficient (Wildman–Crippen LogP) is -0.0201. The molecule has 0 fully saturated rings. The van der Waals surface area contributed by atoms with Crippen LogP contribution in [0.1, 0.15) is 5.56 Å². The molecule has 15 heavy (non-hydrogen) atoms. The van der Waals surface area contributed by atoms with E-state index in [1.54, 1.807) is 0 Å². The molecule has 0 aliphatic heterocycles. The minimum atomic E-state index is -0.494. The van der Waals surface area contributed by atoms with Gasteiger partial charge in [-0.05, 0) is 5.56 Å². The molecule has 1 N–H and O–H groups in total. The average molecular weight is 203 g/mol. The smallest absolute Gasteiger partial charge is 0.271 e. The normalized spacial score (nSPS) is 10.1. The number of hydrogen-bond acceptors (Lipinski definition) is 3. The van der Waals surface area contributed by atoms with Crippen LogP contribution in [-0.4, -0.2) is 14.8 Å². The Morgan fingerprint density at radius 3 is 2.60 bits per heavy atom. The third kappa shape index (κ3) is 2.19. The number of aromatic amines is 1. The SMILES string of the molecule is O=c1cnn(Cc2ccccc2)c(=O)[nH]1. The van der Waals surface area contributed by atoms with E-state index in [1.165, 1.54) is 4.68 Å². The molecule has 0 bridgehead atoms. The molecular weight excluding hydrogens is 194 g/mol. The van der Waals surface area contributed by atoms with Crippen molar-refractivity contribution in [1.82, 2.24) is 14.8 Å². The molecule has 76 valence electrons. The summed E-state index contributed by atoms with van der Waals surface area (Å²) in [5.74, 6) is 0. The zero-order chi connectivity index (χ0) is 10.7. The van der Waals surface area contributed by atoms with Gasteiger partial charge in [-0.1, -0.05) is 30.3 Å². The zero-order valence-electron chi connectivity index (χ0n) is 7.88. The Hall–Kier alpha value is -2.17. The Morgan fingerprint density at radius 2 is 1.93 bits per heavy atom. The molecule has 0 saturated heterocycles. The first-order valence-corrected chi connectivity index (χ1v) is 4.46. The van der Waals surface area contributed by atoms with E-state index in [2.05, 4.69) is 10.1 Å². The van der Waals surface area contributed by atoms with Crippen molar-refractivity contribution in [3.63, 3.8) is 0 Å². The van der Waals surface area contributed by atoms with Gasteiger partial charge in [0.05, 0.1) is 6.54 Å². The van der Waals surface area contributed by atoms with Gasteiger partial charge in [-0.2, -0.15) is 5.10 Å². The van der Waals surface area contributed by atoms with Gasteiger partial charge in [0.25, 0.3) is 5.56 Å². The van der Waals surface area contributed by atoms with Crippen molar-refractivity contribution in [2.45, 2.75) is 6.54 Å². The summed E-state index contributed by atoms with van der Waals surface area (Å²) in [6, 6.07) is 9.43. The number of nitrogens with zero attached hydrogens (tertiary/aromatic N) is 2. The lowest BCUT2D eigenvalue weighted by Gasteiger charge is -2.02. The molecule has 0 unspecified atom stereocenters. The van der Waals surface area contributed by atoms with E-state index in [0.717, 1.165) is 11.8 Å². The lowest BCUT2D eigenvalue weighted by molar-refractivity contribution is 0.607. The summed E-state index contributed by atoms with van der Waals surface area (Å²) in [5, 5.41) is 3.73. The average Bonchev–Trinajstić information content (AvgIpc) is 2.24. The summed E-state index contributed by atoms with van der Waals surface area (Å²) in [4.78, 5) is 24.2. The van der Waals surface area contributed by atoms with E-state index in [4.69, 9.17) is 0 Å². The van der Waals surface area contributed by atoms with Crippen LogP contribution in [0.4, 0.5) is 0 Å². The van der Waals surface area contributed by atoms with Crippen LogP contribution in [0.25, 0.3) is 0 Å². The fraction of sp³-hybridized carbons (Fsp3) is 0.100. The topological polar surface area (TPSA) is 67.8 Å². The second-order valence-electron chi connectivity index (χ2n) is 3.08. The summed E-state index contributed by atoms with van der Waals surface area (Å²) >= 11 is 0. The summed E-state index contributed by atoms with van der Waals surface area (Å²) in [5.41, 5.74) is -0.0187. The lowest BCUT2D eigenvalue weighted by atomic mass is 10.2. The molecule has 1 aromatic heterocycles.